The van der Waals surface area contributed by atoms with Crippen molar-refractivity contribution in [3.05, 3.63) is 34.1 Å². The van der Waals surface area contributed by atoms with Crippen LogP contribution >= 0.6 is 15.9 Å². The second-order valence-corrected chi connectivity index (χ2v) is 5.47. The number of rotatable bonds is 3. The van der Waals surface area contributed by atoms with E-state index in [1.54, 1.807) is 6.07 Å². The molecule has 1 aromatic rings. The Balaban J connectivity index is 2.06. The summed E-state index contributed by atoms with van der Waals surface area (Å²) in [5.74, 6) is 0.696. The van der Waals surface area contributed by atoms with E-state index < -0.39 is 0 Å². The van der Waals surface area contributed by atoms with Gasteiger partial charge in [0.15, 0.2) is 5.96 Å². The first kappa shape index (κ1) is 14.3. The van der Waals surface area contributed by atoms with E-state index in [9.17, 15) is 4.39 Å². The van der Waals surface area contributed by atoms with E-state index in [1.165, 1.54) is 18.9 Å². The molecule has 0 aliphatic carbocycles. The van der Waals surface area contributed by atoms with E-state index >= 15 is 0 Å². The largest absolute Gasteiger partial charge is 0.357 e. The normalized spacial score (nSPS) is 15.9. The van der Waals surface area contributed by atoms with Crippen molar-refractivity contribution in [1.29, 1.82) is 0 Å². The predicted molar refractivity (Wildman–Crippen MR) is 79.7 cm³/mol. The van der Waals surface area contributed by atoms with E-state index in [4.69, 9.17) is 0 Å². The SMILES string of the molecule is CCNC(=NCc1ccc(Br)c(F)c1)N1CCCC1. The van der Waals surface area contributed by atoms with Gasteiger partial charge < -0.3 is 10.2 Å². The van der Waals surface area contributed by atoms with E-state index in [-0.39, 0.29) is 5.82 Å². The first-order valence-electron chi connectivity index (χ1n) is 6.68. The van der Waals surface area contributed by atoms with Gasteiger partial charge in [0, 0.05) is 19.6 Å². The lowest BCUT2D eigenvalue weighted by Gasteiger charge is -2.20. The quantitative estimate of drug-likeness (QED) is 0.682. The van der Waals surface area contributed by atoms with Crippen LogP contribution in [-0.4, -0.2) is 30.5 Å². The number of hydrogen-bond acceptors (Lipinski definition) is 1. The Bertz CT molecular complexity index is 456. The fourth-order valence-electron chi connectivity index (χ4n) is 2.16. The van der Waals surface area contributed by atoms with Gasteiger partial charge in [-0.25, -0.2) is 9.38 Å². The second kappa shape index (κ2) is 6.89. The number of nitrogens with one attached hydrogen (secondary N) is 1. The maximum absolute atomic E-state index is 13.4. The summed E-state index contributed by atoms with van der Waals surface area (Å²) in [6.07, 6.45) is 2.44. The maximum atomic E-state index is 13.4. The molecule has 19 heavy (non-hydrogen) atoms. The molecule has 0 bridgehead atoms. The number of aliphatic imine (C=N–C) groups is 1. The maximum Gasteiger partial charge on any atom is 0.194 e. The number of benzene rings is 1. The van der Waals surface area contributed by atoms with Gasteiger partial charge in [-0.2, -0.15) is 0 Å². The highest BCUT2D eigenvalue weighted by molar-refractivity contribution is 9.10. The summed E-state index contributed by atoms with van der Waals surface area (Å²) < 4.78 is 13.9. The summed E-state index contributed by atoms with van der Waals surface area (Å²) in [7, 11) is 0. The van der Waals surface area contributed by atoms with Crippen LogP contribution in [0.3, 0.4) is 0 Å². The molecule has 0 saturated carbocycles. The third-order valence-corrected chi connectivity index (χ3v) is 3.78. The molecule has 104 valence electrons. The molecule has 5 heteroatoms. The van der Waals surface area contributed by atoms with E-state index in [1.807, 2.05) is 6.07 Å². The summed E-state index contributed by atoms with van der Waals surface area (Å²) in [6.45, 7) is 5.53. The molecular weight excluding hydrogens is 309 g/mol. The van der Waals surface area contributed by atoms with Crippen LogP contribution in [0.4, 0.5) is 4.39 Å². The smallest absolute Gasteiger partial charge is 0.194 e. The highest BCUT2D eigenvalue weighted by atomic mass is 79.9. The lowest BCUT2D eigenvalue weighted by Crippen LogP contribution is -2.39. The standard InChI is InChI=1S/C14H19BrFN3/c1-2-17-14(19-7-3-4-8-19)18-10-11-5-6-12(15)13(16)9-11/h5-6,9H,2-4,7-8,10H2,1H3,(H,17,18). The van der Waals surface area contributed by atoms with E-state index in [0.29, 0.717) is 11.0 Å². The van der Waals surface area contributed by atoms with Gasteiger partial charge in [0.2, 0.25) is 0 Å². The van der Waals surface area contributed by atoms with Crippen molar-refractivity contribution in [2.45, 2.75) is 26.3 Å². The van der Waals surface area contributed by atoms with Crippen molar-refractivity contribution in [2.75, 3.05) is 19.6 Å². The van der Waals surface area contributed by atoms with E-state index in [0.717, 1.165) is 31.2 Å². The number of halogens is 2. The van der Waals surface area contributed by atoms with Crippen LogP contribution in [0.2, 0.25) is 0 Å². The summed E-state index contributed by atoms with van der Waals surface area (Å²) >= 11 is 3.16. The lowest BCUT2D eigenvalue weighted by atomic mass is 10.2. The number of likely N-dealkylation sites (tertiary alicyclic amines) is 1. The van der Waals surface area contributed by atoms with Gasteiger partial charge in [0.05, 0.1) is 11.0 Å². The van der Waals surface area contributed by atoms with Crippen molar-refractivity contribution in [1.82, 2.24) is 10.2 Å². The molecule has 1 fully saturated rings. The minimum atomic E-state index is -0.237. The molecule has 0 radical (unpaired) electrons. The molecule has 1 aliphatic heterocycles. The van der Waals surface area contributed by atoms with Gasteiger partial charge in [-0.05, 0) is 53.4 Å². The predicted octanol–water partition coefficient (Wildman–Crippen LogP) is 3.15. The molecule has 1 aromatic carbocycles. The third kappa shape index (κ3) is 3.93. The highest BCUT2D eigenvalue weighted by Gasteiger charge is 2.15. The van der Waals surface area contributed by atoms with Crippen LogP contribution in [0, 0.1) is 5.82 Å². The molecule has 0 atom stereocenters. The second-order valence-electron chi connectivity index (χ2n) is 4.61. The Morgan fingerprint density at radius 3 is 2.79 bits per heavy atom. The van der Waals surface area contributed by atoms with Crippen molar-refractivity contribution in [2.24, 2.45) is 4.99 Å². The number of hydrogen-bond donors (Lipinski definition) is 1. The van der Waals surface area contributed by atoms with Crippen LogP contribution in [0.5, 0.6) is 0 Å². The Labute approximate surface area is 122 Å². The Kier molecular flexibility index (Phi) is 5.19. The minimum absolute atomic E-state index is 0.237. The van der Waals surface area contributed by atoms with Gasteiger partial charge in [-0.3, -0.25) is 0 Å². The fraction of sp³-hybridized carbons (Fsp3) is 0.500. The molecule has 1 N–H and O–H groups in total. The molecule has 0 unspecified atom stereocenters. The molecule has 0 spiro atoms. The summed E-state index contributed by atoms with van der Waals surface area (Å²) in [4.78, 5) is 6.85. The number of guanidine groups is 1. The van der Waals surface area contributed by atoms with Gasteiger partial charge in [0.25, 0.3) is 0 Å². The average Bonchev–Trinajstić information content (AvgIpc) is 2.92. The summed E-state index contributed by atoms with van der Waals surface area (Å²) in [6, 6.07) is 5.15. The Morgan fingerprint density at radius 1 is 1.42 bits per heavy atom. The van der Waals surface area contributed by atoms with Crippen LogP contribution in [0.15, 0.2) is 27.7 Å². The van der Waals surface area contributed by atoms with Crippen molar-refractivity contribution >= 4 is 21.9 Å². The zero-order chi connectivity index (χ0) is 13.7. The van der Waals surface area contributed by atoms with Crippen LogP contribution in [-0.2, 0) is 6.54 Å². The molecular formula is C14H19BrFN3. The first-order chi connectivity index (χ1) is 9.20. The number of nitrogens with zero attached hydrogens (tertiary/aromatic N) is 2. The topological polar surface area (TPSA) is 27.6 Å². The van der Waals surface area contributed by atoms with Gasteiger partial charge in [-0.15, -0.1) is 0 Å². The molecule has 0 aromatic heterocycles. The summed E-state index contributed by atoms with van der Waals surface area (Å²) in [5, 5.41) is 3.29. The molecule has 0 amide bonds. The molecule has 2 rings (SSSR count). The van der Waals surface area contributed by atoms with Crippen LogP contribution < -0.4 is 5.32 Å². The Hall–Kier alpha value is -1.10. The van der Waals surface area contributed by atoms with Crippen molar-refractivity contribution < 1.29 is 4.39 Å². The lowest BCUT2D eigenvalue weighted by molar-refractivity contribution is 0.493. The average molecular weight is 328 g/mol. The molecule has 1 heterocycles. The molecule has 1 saturated heterocycles. The third-order valence-electron chi connectivity index (χ3n) is 3.14. The van der Waals surface area contributed by atoms with Crippen molar-refractivity contribution in [3.63, 3.8) is 0 Å². The monoisotopic (exact) mass is 327 g/mol. The fourth-order valence-corrected chi connectivity index (χ4v) is 2.41. The van der Waals surface area contributed by atoms with Crippen LogP contribution in [0.25, 0.3) is 0 Å². The highest BCUT2D eigenvalue weighted by Crippen LogP contribution is 2.17. The summed E-state index contributed by atoms with van der Waals surface area (Å²) in [5.41, 5.74) is 0.885. The first-order valence-corrected chi connectivity index (χ1v) is 7.47. The molecule has 1 aliphatic rings. The minimum Gasteiger partial charge on any atom is -0.357 e. The van der Waals surface area contributed by atoms with E-state index in [2.05, 4.69) is 38.1 Å². The van der Waals surface area contributed by atoms with Crippen LogP contribution in [0.1, 0.15) is 25.3 Å². The van der Waals surface area contributed by atoms with Crippen molar-refractivity contribution in [3.8, 4) is 0 Å². The van der Waals surface area contributed by atoms with Gasteiger partial charge >= 0.3 is 0 Å². The zero-order valence-corrected chi connectivity index (χ0v) is 12.7. The Morgan fingerprint density at radius 2 is 2.16 bits per heavy atom. The van der Waals surface area contributed by atoms with Gasteiger partial charge in [0.1, 0.15) is 5.82 Å². The zero-order valence-electron chi connectivity index (χ0n) is 11.1. The molecule has 3 nitrogen and oxygen atoms in total. The van der Waals surface area contributed by atoms with Gasteiger partial charge in [-0.1, -0.05) is 6.07 Å².